The number of nitrogens with zero attached hydrogens (tertiary/aromatic N) is 2. The van der Waals surface area contributed by atoms with E-state index in [1.165, 1.54) is 7.05 Å². The Morgan fingerprint density at radius 1 is 0.871 bits per heavy atom. The number of hydrogen-bond donors (Lipinski definition) is 2. The number of nitrogens with two attached hydrogens (primary N) is 1. The van der Waals surface area contributed by atoms with E-state index in [1.54, 1.807) is 13.8 Å². The van der Waals surface area contributed by atoms with E-state index in [4.69, 9.17) is 38.8 Å². The molecule has 0 aromatic carbocycles. The molecular weight excluding hydrogens is 441 g/mol. The van der Waals surface area contributed by atoms with Crippen molar-refractivity contribution in [1.82, 2.24) is 4.90 Å². The van der Waals surface area contributed by atoms with E-state index in [2.05, 4.69) is 4.76 Å². The summed E-state index contributed by atoms with van der Waals surface area (Å²) in [7, 11) is -2.97. The first-order valence-electron chi connectivity index (χ1n) is 9.40. The van der Waals surface area contributed by atoms with E-state index < -0.39 is 51.7 Å². The Morgan fingerprint density at radius 3 is 1.68 bits per heavy atom. The molecule has 0 saturated carbocycles. The second-order valence-electron chi connectivity index (χ2n) is 5.74. The van der Waals surface area contributed by atoms with Crippen LogP contribution in [0.3, 0.4) is 0 Å². The van der Waals surface area contributed by atoms with Crippen LogP contribution in [-0.2, 0) is 37.4 Å². The van der Waals surface area contributed by atoms with Gasteiger partial charge < -0.3 is 34.7 Å². The summed E-state index contributed by atoms with van der Waals surface area (Å²) in [5.74, 6) is -1.63. The van der Waals surface area contributed by atoms with Crippen LogP contribution in [0.2, 0.25) is 0 Å². The van der Waals surface area contributed by atoms with Crippen LogP contribution < -0.4 is 5.73 Å². The highest BCUT2D eigenvalue weighted by molar-refractivity contribution is 7.52. The van der Waals surface area contributed by atoms with E-state index in [0.29, 0.717) is 12.8 Å². The maximum atomic E-state index is 12.8. The zero-order chi connectivity index (χ0) is 23.7. The van der Waals surface area contributed by atoms with Gasteiger partial charge in [-0.3, -0.25) is 13.8 Å². The van der Waals surface area contributed by atoms with Crippen molar-refractivity contribution in [3.05, 3.63) is 0 Å². The van der Waals surface area contributed by atoms with Gasteiger partial charge in [0.2, 0.25) is 5.96 Å². The number of carbonyl (C=O) groups is 3. The molecule has 0 saturated heterocycles. The minimum absolute atomic E-state index is 0.179. The molecule has 0 aliphatic rings. The number of guanidine groups is 1. The molecule has 0 heterocycles. The van der Waals surface area contributed by atoms with Crippen molar-refractivity contribution in [3.8, 4) is 0 Å². The molecule has 0 atom stereocenters. The molecule has 3 N–H and O–H groups in total. The molecule has 0 fully saturated rings. The third-order valence-electron chi connectivity index (χ3n) is 2.95. The Kier molecular flexibility index (Phi) is 14.8. The minimum Gasteiger partial charge on any atom is -0.480 e. The van der Waals surface area contributed by atoms with Crippen LogP contribution in [0, 0.1) is 0 Å². The molecule has 15 heteroatoms. The summed E-state index contributed by atoms with van der Waals surface area (Å²) in [4.78, 5) is 34.3. The second-order valence-corrected chi connectivity index (χ2v) is 7.39. The summed E-state index contributed by atoms with van der Waals surface area (Å²) in [5, 5.41) is 8.80. The van der Waals surface area contributed by atoms with E-state index in [0.717, 1.165) is 4.90 Å². The van der Waals surface area contributed by atoms with Crippen molar-refractivity contribution in [2.75, 3.05) is 53.2 Å². The van der Waals surface area contributed by atoms with Crippen molar-refractivity contribution < 1.29 is 52.1 Å². The van der Waals surface area contributed by atoms with Gasteiger partial charge in [0.05, 0.1) is 26.4 Å². The molecule has 0 rings (SSSR count). The zero-order valence-electron chi connectivity index (χ0n) is 17.8. The minimum atomic E-state index is -4.27. The molecule has 180 valence electrons. The summed E-state index contributed by atoms with van der Waals surface area (Å²) in [5.41, 5.74) is 5.64. The Morgan fingerprint density at radius 2 is 1.29 bits per heavy atom. The third kappa shape index (κ3) is 15.0. The molecule has 0 bridgehead atoms. The lowest BCUT2D eigenvalue weighted by molar-refractivity contribution is -0.137. The predicted octanol–water partition coefficient (Wildman–Crippen LogP) is 1.59. The van der Waals surface area contributed by atoms with Gasteiger partial charge in [0.25, 0.3) is 0 Å². The molecule has 0 amide bonds. The van der Waals surface area contributed by atoms with Gasteiger partial charge in [0, 0.05) is 7.05 Å². The number of carboxylic acids is 1. The highest BCUT2D eigenvalue weighted by Gasteiger charge is 2.26. The lowest BCUT2D eigenvalue weighted by atomic mass is 10.5. The van der Waals surface area contributed by atoms with E-state index in [-0.39, 0.29) is 26.4 Å². The highest BCUT2D eigenvalue weighted by atomic mass is 31.2. The standard InChI is InChI=1S/C16H30N3O11P/c1-4-6-25-15(22)27-8-10-29-31(24,18-14(17)19(3)12-13(20)21)30-11-9-28-16(23)26-7-5-2/h4-12H2,1-3H3,(H,20,21)(H2,17,18,24). The first kappa shape index (κ1) is 28.4. The van der Waals surface area contributed by atoms with Crippen molar-refractivity contribution in [1.29, 1.82) is 0 Å². The number of carboxylic acid groups (broad SMARTS) is 1. The number of aliphatic carboxylic acids is 1. The summed E-state index contributed by atoms with van der Waals surface area (Å²) in [6, 6.07) is 0. The quantitative estimate of drug-likeness (QED) is 0.115. The lowest BCUT2D eigenvalue weighted by Crippen LogP contribution is -2.37. The SMILES string of the molecule is CCCOC(=O)OCCOP(=O)(/N=C(\N)N(C)CC(=O)O)OCCOC(=O)OCCC. The number of carbonyl (C=O) groups excluding carboxylic acids is 2. The number of likely N-dealkylation sites (N-methyl/N-ethyl adjacent to an activating group) is 1. The smallest absolute Gasteiger partial charge is 0.480 e. The number of ether oxygens (including phenoxy) is 4. The van der Waals surface area contributed by atoms with Crippen LogP contribution in [-0.4, -0.2) is 87.5 Å². The van der Waals surface area contributed by atoms with Gasteiger partial charge in [-0.05, 0) is 12.8 Å². The van der Waals surface area contributed by atoms with Crippen LogP contribution in [0.25, 0.3) is 0 Å². The Labute approximate surface area is 180 Å². The molecule has 0 unspecified atom stereocenters. The zero-order valence-corrected chi connectivity index (χ0v) is 18.7. The fourth-order valence-electron chi connectivity index (χ4n) is 1.59. The van der Waals surface area contributed by atoms with Gasteiger partial charge in [-0.1, -0.05) is 13.8 Å². The second kappa shape index (κ2) is 16.2. The topological polar surface area (TPSA) is 186 Å². The average molecular weight is 471 g/mol. The molecule has 0 aromatic heterocycles. The monoisotopic (exact) mass is 471 g/mol. The van der Waals surface area contributed by atoms with Crippen molar-refractivity contribution in [2.45, 2.75) is 26.7 Å². The van der Waals surface area contributed by atoms with Crippen molar-refractivity contribution >= 4 is 32.0 Å². The predicted molar refractivity (Wildman–Crippen MR) is 107 cm³/mol. The van der Waals surface area contributed by atoms with Gasteiger partial charge >= 0.3 is 26.0 Å². The normalized spacial score (nSPS) is 11.5. The molecular formula is C16H30N3O11P. The highest BCUT2D eigenvalue weighted by Crippen LogP contribution is 2.49. The average Bonchev–Trinajstić information content (AvgIpc) is 2.70. The first-order valence-corrected chi connectivity index (χ1v) is 10.9. The first-order chi connectivity index (χ1) is 14.6. The van der Waals surface area contributed by atoms with Gasteiger partial charge in [-0.15, -0.1) is 4.76 Å². The van der Waals surface area contributed by atoms with Crippen molar-refractivity contribution in [2.24, 2.45) is 10.5 Å². The molecule has 31 heavy (non-hydrogen) atoms. The van der Waals surface area contributed by atoms with E-state index in [9.17, 15) is 18.9 Å². The number of rotatable bonds is 15. The fourth-order valence-corrected chi connectivity index (χ4v) is 2.79. The summed E-state index contributed by atoms with van der Waals surface area (Å²) in [6.45, 7) is 2.02. The lowest BCUT2D eigenvalue weighted by Gasteiger charge is -2.19. The summed E-state index contributed by atoms with van der Waals surface area (Å²) in [6.07, 6.45) is -0.630. The van der Waals surface area contributed by atoms with Crippen LogP contribution in [0.1, 0.15) is 26.7 Å². The maximum absolute atomic E-state index is 12.8. The molecule has 0 aromatic rings. The van der Waals surface area contributed by atoms with E-state index in [1.807, 2.05) is 0 Å². The molecule has 0 radical (unpaired) electrons. The van der Waals surface area contributed by atoms with Crippen LogP contribution in [0.4, 0.5) is 9.59 Å². The van der Waals surface area contributed by atoms with Crippen LogP contribution >= 0.6 is 7.75 Å². The van der Waals surface area contributed by atoms with Crippen molar-refractivity contribution in [3.63, 3.8) is 0 Å². The molecule has 14 nitrogen and oxygen atoms in total. The Hall–Kier alpha value is -2.57. The summed E-state index contributed by atoms with van der Waals surface area (Å²) < 4.78 is 45.4. The van der Waals surface area contributed by atoms with Gasteiger partial charge in [-0.2, -0.15) is 0 Å². The Balaban J connectivity index is 4.83. The Bertz CT molecular complexity index is 612. The third-order valence-corrected chi connectivity index (χ3v) is 4.42. The van der Waals surface area contributed by atoms with E-state index >= 15 is 0 Å². The van der Waals surface area contributed by atoms with Gasteiger partial charge in [0.15, 0.2) is 0 Å². The van der Waals surface area contributed by atoms with Crippen LogP contribution in [0.15, 0.2) is 4.76 Å². The molecule has 0 aliphatic carbocycles. The largest absolute Gasteiger partial charge is 0.508 e. The number of hydrogen-bond acceptors (Lipinski definition) is 10. The molecule has 0 aliphatic heterocycles. The fraction of sp³-hybridized carbons (Fsp3) is 0.750. The van der Waals surface area contributed by atoms with Gasteiger partial charge in [0.1, 0.15) is 19.8 Å². The summed E-state index contributed by atoms with van der Waals surface area (Å²) >= 11 is 0. The molecule has 0 spiro atoms. The van der Waals surface area contributed by atoms with Gasteiger partial charge in [-0.25, -0.2) is 14.2 Å². The van der Waals surface area contributed by atoms with Crippen LogP contribution in [0.5, 0.6) is 0 Å². The maximum Gasteiger partial charge on any atom is 0.508 e.